The number of hydrogen-bond donors (Lipinski definition) is 4. The number of carbonyl (C=O) groups excluding carboxylic acids is 1. The molecule has 1 aromatic carbocycles. The molecule has 12 nitrogen and oxygen atoms in total. The number of nitrogens with zero attached hydrogens (tertiary/aromatic N) is 7. The first-order valence-electron chi connectivity index (χ1n) is 13.5. The predicted molar refractivity (Wildman–Crippen MR) is 148 cm³/mol. The number of amides is 2. The second kappa shape index (κ2) is 9.67. The zero-order valence-electron chi connectivity index (χ0n) is 22.8. The van der Waals surface area contributed by atoms with E-state index in [4.69, 9.17) is 0 Å². The molecule has 39 heavy (non-hydrogen) atoms. The van der Waals surface area contributed by atoms with Crippen molar-refractivity contribution in [3.63, 3.8) is 0 Å². The quantitative estimate of drug-likeness (QED) is 0.362. The van der Waals surface area contributed by atoms with Gasteiger partial charge in [-0.1, -0.05) is 30.3 Å². The van der Waals surface area contributed by atoms with Crippen LogP contribution in [0.2, 0.25) is 0 Å². The molecule has 3 aliphatic rings. The molecule has 3 aromatic rings. The monoisotopic (exact) mass is 532 g/mol. The normalized spacial score (nSPS) is 23.1. The molecule has 1 saturated heterocycles. The smallest absolute Gasteiger partial charge is 0.318 e. The van der Waals surface area contributed by atoms with Crippen LogP contribution in [0.3, 0.4) is 0 Å². The third-order valence-electron chi connectivity index (χ3n) is 8.13. The van der Waals surface area contributed by atoms with Crippen LogP contribution >= 0.6 is 0 Å². The Bertz CT molecular complexity index is 1360. The largest absolute Gasteiger partial charge is 0.394 e. The third kappa shape index (κ3) is 4.62. The highest BCUT2D eigenvalue weighted by molar-refractivity contribution is 5.78. The molecular weight excluding hydrogens is 496 g/mol. The highest BCUT2D eigenvalue weighted by Crippen LogP contribution is 2.43. The van der Waals surface area contributed by atoms with Crippen LogP contribution in [0.5, 0.6) is 0 Å². The van der Waals surface area contributed by atoms with Gasteiger partial charge < -0.3 is 30.4 Å². The number of anilines is 4. The molecule has 12 heteroatoms. The number of nitrogens with one attached hydrogen (secondary N) is 3. The maximum absolute atomic E-state index is 13.4. The summed E-state index contributed by atoms with van der Waals surface area (Å²) < 4.78 is 0. The van der Waals surface area contributed by atoms with E-state index in [0.717, 1.165) is 37.1 Å². The van der Waals surface area contributed by atoms with Crippen molar-refractivity contribution in [2.75, 3.05) is 42.4 Å². The summed E-state index contributed by atoms with van der Waals surface area (Å²) in [6.07, 6.45) is 2.83. The van der Waals surface area contributed by atoms with Crippen molar-refractivity contribution in [2.24, 2.45) is 0 Å². The highest BCUT2D eigenvalue weighted by atomic mass is 16.3. The summed E-state index contributed by atoms with van der Waals surface area (Å²) in [5.74, 6) is 2.35. The van der Waals surface area contributed by atoms with Gasteiger partial charge in [0.05, 0.1) is 30.4 Å². The molecule has 0 radical (unpaired) electrons. The lowest BCUT2D eigenvalue weighted by atomic mass is 10.0. The summed E-state index contributed by atoms with van der Waals surface area (Å²) in [5.41, 5.74) is 2.50. The SMILES string of the molecule is CN(C)c1nc(Nc2n[nH]c3c2CN(C(=O)NC2CC2c2ccccc2)C3(C)C)nc(N2CCC[C@H]2CO)n1. The Hall–Kier alpha value is -3.93. The predicted octanol–water partition coefficient (Wildman–Crippen LogP) is 2.68. The Morgan fingerprint density at radius 3 is 2.74 bits per heavy atom. The molecule has 1 saturated carbocycles. The lowest BCUT2D eigenvalue weighted by Crippen LogP contribution is -2.47. The fourth-order valence-corrected chi connectivity index (χ4v) is 5.74. The summed E-state index contributed by atoms with van der Waals surface area (Å²) in [5, 5.41) is 24.0. The second-order valence-electron chi connectivity index (χ2n) is 11.3. The van der Waals surface area contributed by atoms with Crippen LogP contribution < -0.4 is 20.4 Å². The minimum atomic E-state index is -0.563. The van der Waals surface area contributed by atoms with Gasteiger partial charge in [-0.25, -0.2) is 4.79 Å². The molecule has 6 rings (SSSR count). The zero-order chi connectivity index (χ0) is 27.3. The van der Waals surface area contributed by atoms with Crippen molar-refractivity contribution in [2.45, 2.75) is 63.2 Å². The Labute approximate surface area is 227 Å². The Balaban J connectivity index is 1.20. The van der Waals surface area contributed by atoms with Gasteiger partial charge in [0.25, 0.3) is 0 Å². The topological polar surface area (TPSA) is 138 Å². The minimum absolute atomic E-state index is 0.00859. The second-order valence-corrected chi connectivity index (χ2v) is 11.3. The van der Waals surface area contributed by atoms with Gasteiger partial charge in [-0.05, 0) is 38.7 Å². The number of fused-ring (bicyclic) bond motifs is 1. The first-order chi connectivity index (χ1) is 18.8. The first-order valence-corrected chi connectivity index (χ1v) is 13.5. The summed E-state index contributed by atoms with van der Waals surface area (Å²) in [7, 11) is 3.76. The van der Waals surface area contributed by atoms with E-state index >= 15 is 0 Å². The average Bonchev–Trinajstić information content (AvgIpc) is 3.23. The van der Waals surface area contributed by atoms with Gasteiger partial charge in [-0.2, -0.15) is 20.1 Å². The van der Waals surface area contributed by atoms with Gasteiger partial charge in [0.2, 0.25) is 17.8 Å². The molecule has 0 spiro atoms. The van der Waals surface area contributed by atoms with E-state index in [1.54, 1.807) is 0 Å². The van der Waals surface area contributed by atoms with Crippen LogP contribution in [-0.4, -0.2) is 80.5 Å². The molecule has 2 unspecified atom stereocenters. The summed E-state index contributed by atoms with van der Waals surface area (Å²) in [4.78, 5) is 33.0. The zero-order valence-corrected chi connectivity index (χ0v) is 22.8. The van der Waals surface area contributed by atoms with Crippen LogP contribution in [-0.2, 0) is 12.1 Å². The van der Waals surface area contributed by atoms with Crippen molar-refractivity contribution >= 4 is 29.7 Å². The number of H-pyrrole nitrogens is 1. The number of aliphatic hydroxyl groups excluding tert-OH is 1. The van der Waals surface area contributed by atoms with Gasteiger partial charge in [-0.15, -0.1) is 0 Å². The fraction of sp³-hybridized carbons (Fsp3) is 0.519. The Morgan fingerprint density at radius 1 is 1.21 bits per heavy atom. The van der Waals surface area contributed by atoms with Crippen LogP contribution in [0.4, 0.5) is 28.5 Å². The number of hydrogen-bond acceptors (Lipinski definition) is 9. The molecule has 2 aromatic heterocycles. The van der Waals surface area contributed by atoms with E-state index in [-0.39, 0.29) is 24.7 Å². The molecule has 206 valence electrons. The van der Waals surface area contributed by atoms with E-state index < -0.39 is 5.54 Å². The van der Waals surface area contributed by atoms with Gasteiger partial charge in [0, 0.05) is 38.2 Å². The number of benzene rings is 1. The van der Waals surface area contributed by atoms with E-state index in [1.807, 2.05) is 60.8 Å². The number of carbonyl (C=O) groups is 1. The van der Waals surface area contributed by atoms with Gasteiger partial charge >= 0.3 is 6.03 Å². The number of rotatable bonds is 7. The van der Waals surface area contributed by atoms with Crippen molar-refractivity contribution in [1.29, 1.82) is 0 Å². The molecule has 2 amide bonds. The molecule has 0 bridgehead atoms. The maximum atomic E-state index is 13.4. The molecule has 4 heterocycles. The van der Waals surface area contributed by atoms with Gasteiger partial charge in [-0.3, -0.25) is 5.10 Å². The van der Waals surface area contributed by atoms with Crippen molar-refractivity contribution in [1.82, 2.24) is 35.4 Å². The van der Waals surface area contributed by atoms with Gasteiger partial charge in [0.1, 0.15) is 0 Å². The fourth-order valence-electron chi connectivity index (χ4n) is 5.74. The molecule has 3 atom stereocenters. The third-order valence-corrected chi connectivity index (χ3v) is 8.13. The number of aromatic nitrogens is 5. The van der Waals surface area contributed by atoms with E-state index in [1.165, 1.54) is 5.56 Å². The van der Waals surface area contributed by atoms with Crippen molar-refractivity contribution in [3.8, 4) is 0 Å². The average molecular weight is 533 g/mol. The molecular formula is C27H36N10O2. The number of aliphatic hydroxyl groups is 1. The van der Waals surface area contributed by atoms with Crippen molar-refractivity contribution < 1.29 is 9.90 Å². The van der Waals surface area contributed by atoms with Crippen LogP contribution in [0.15, 0.2) is 30.3 Å². The van der Waals surface area contributed by atoms with Crippen molar-refractivity contribution in [3.05, 3.63) is 47.2 Å². The molecule has 1 aliphatic carbocycles. The summed E-state index contributed by atoms with van der Waals surface area (Å²) in [6, 6.07) is 10.4. The lowest BCUT2D eigenvalue weighted by Gasteiger charge is -2.32. The lowest BCUT2D eigenvalue weighted by molar-refractivity contribution is 0.142. The maximum Gasteiger partial charge on any atom is 0.318 e. The standard InChI is InChI=1S/C27H36N10O2/c1-27(2)21-19(14-37(27)26(39)28-20-13-18(20)16-9-6-5-7-10-16)22(34-33-21)29-23-30-24(35(3)4)32-25(31-23)36-12-8-11-17(36)15-38/h5-7,9-10,17-18,20,38H,8,11-15H2,1-4H3,(H,28,39)(H2,29,30,31,32,33,34)/t17-,18?,20?/m0/s1. The summed E-state index contributed by atoms with van der Waals surface area (Å²) in [6.45, 7) is 5.29. The van der Waals surface area contributed by atoms with Gasteiger partial charge in [0.15, 0.2) is 5.82 Å². The Morgan fingerprint density at radius 2 is 2.00 bits per heavy atom. The van der Waals surface area contributed by atoms with E-state index in [9.17, 15) is 9.90 Å². The highest BCUT2D eigenvalue weighted by Gasteiger charge is 2.47. The van der Waals surface area contributed by atoms with Crippen LogP contribution in [0.1, 0.15) is 55.8 Å². The number of aromatic amines is 1. The Kier molecular flexibility index (Phi) is 6.29. The minimum Gasteiger partial charge on any atom is -0.394 e. The molecule has 4 N–H and O–H groups in total. The van der Waals surface area contributed by atoms with E-state index in [2.05, 4.69) is 47.9 Å². The number of urea groups is 1. The first kappa shape index (κ1) is 25.4. The van der Waals surface area contributed by atoms with Crippen LogP contribution in [0, 0.1) is 0 Å². The van der Waals surface area contributed by atoms with E-state index in [0.29, 0.717) is 36.1 Å². The summed E-state index contributed by atoms with van der Waals surface area (Å²) >= 11 is 0. The van der Waals surface area contributed by atoms with Crippen LogP contribution in [0.25, 0.3) is 0 Å². The molecule has 2 aliphatic heterocycles. The molecule has 2 fully saturated rings.